The van der Waals surface area contributed by atoms with Gasteiger partial charge in [0.2, 0.25) is 0 Å². The van der Waals surface area contributed by atoms with Crippen LogP contribution < -0.4 is 0 Å². The van der Waals surface area contributed by atoms with Crippen LogP contribution >= 0.6 is 0 Å². The van der Waals surface area contributed by atoms with Crippen molar-refractivity contribution in [1.82, 2.24) is 0 Å². The maximum absolute atomic E-state index is 4.71. The predicted molar refractivity (Wildman–Crippen MR) is 40.5 cm³/mol. The molecule has 0 aromatic carbocycles. The number of hydrogen-bond donors (Lipinski definition) is 0. The normalized spacial score (nSPS) is 21.8. The molecule has 1 heterocycles. The molecule has 0 amide bonds. The molecule has 0 bridgehead atoms. The molecule has 0 aliphatic carbocycles. The summed E-state index contributed by atoms with van der Waals surface area (Å²) in [4.78, 5) is 0. The van der Waals surface area contributed by atoms with Gasteiger partial charge in [-0.05, 0) is 13.3 Å². The lowest BCUT2D eigenvalue weighted by Gasteiger charge is -1.72. The monoisotopic (exact) mass is 128 g/mol. The first-order valence-corrected chi connectivity index (χ1v) is 3.53. The van der Waals surface area contributed by atoms with Gasteiger partial charge in [0.05, 0.1) is 12.7 Å². The molecule has 0 N–H and O–H groups in total. The summed E-state index contributed by atoms with van der Waals surface area (Å²) in [5.41, 5.74) is 0. The molecular weight excluding hydrogens is 112 g/mol. The van der Waals surface area contributed by atoms with Crippen molar-refractivity contribution in [2.45, 2.75) is 32.8 Å². The Balaban J connectivity index is 0.000000144. The molecule has 0 spiro atoms. The standard InChI is InChI=1S/C5H10.C3H6O/c1-3-5-4-2;1-3-2-4-3/h3H,1,4-5H2,2H3;3H,2H2,1H3. The third-order valence-corrected chi connectivity index (χ3v) is 0.993. The summed E-state index contributed by atoms with van der Waals surface area (Å²) >= 11 is 0. The number of rotatable bonds is 2. The zero-order valence-electron chi connectivity index (χ0n) is 6.39. The van der Waals surface area contributed by atoms with Crippen molar-refractivity contribution in [1.29, 1.82) is 0 Å². The second-order valence-corrected chi connectivity index (χ2v) is 2.22. The van der Waals surface area contributed by atoms with E-state index in [9.17, 15) is 0 Å². The van der Waals surface area contributed by atoms with E-state index in [2.05, 4.69) is 20.4 Å². The average Bonchev–Trinajstić information content (AvgIpc) is 2.55. The SMILES string of the molecule is C=CCCC.CC1CO1. The van der Waals surface area contributed by atoms with Crippen molar-refractivity contribution >= 4 is 0 Å². The fourth-order valence-electron chi connectivity index (χ4n) is 0.300. The Labute approximate surface area is 57.7 Å². The Kier molecular flexibility index (Phi) is 5.64. The molecule has 1 heteroatoms. The third kappa shape index (κ3) is 11.3. The molecule has 1 aliphatic rings. The Hall–Kier alpha value is -0.300. The minimum absolute atomic E-state index is 0.583. The quantitative estimate of drug-likeness (QED) is 0.411. The van der Waals surface area contributed by atoms with Crippen molar-refractivity contribution < 1.29 is 4.74 Å². The first kappa shape index (κ1) is 8.70. The topological polar surface area (TPSA) is 12.5 Å². The van der Waals surface area contributed by atoms with E-state index in [1.165, 1.54) is 6.42 Å². The van der Waals surface area contributed by atoms with E-state index in [1.807, 2.05) is 6.08 Å². The summed E-state index contributed by atoms with van der Waals surface area (Å²) in [5, 5.41) is 0. The highest BCUT2D eigenvalue weighted by Crippen LogP contribution is 2.04. The van der Waals surface area contributed by atoms with Crippen LogP contribution in [0.15, 0.2) is 12.7 Å². The van der Waals surface area contributed by atoms with Crippen LogP contribution in [0.3, 0.4) is 0 Å². The highest BCUT2D eigenvalue weighted by molar-refractivity contribution is 4.63. The molecule has 1 aliphatic heterocycles. The van der Waals surface area contributed by atoms with Gasteiger partial charge in [-0.15, -0.1) is 6.58 Å². The van der Waals surface area contributed by atoms with Crippen molar-refractivity contribution in [2.75, 3.05) is 6.61 Å². The first-order valence-electron chi connectivity index (χ1n) is 3.53. The Morgan fingerprint density at radius 3 is 2.22 bits per heavy atom. The smallest absolute Gasteiger partial charge is 0.0781 e. The molecule has 1 fully saturated rings. The molecule has 0 saturated carbocycles. The van der Waals surface area contributed by atoms with Crippen LogP contribution in [-0.4, -0.2) is 12.7 Å². The molecule has 0 aromatic heterocycles. The number of hydrogen-bond acceptors (Lipinski definition) is 1. The molecule has 0 aromatic rings. The van der Waals surface area contributed by atoms with Gasteiger partial charge in [0.1, 0.15) is 0 Å². The lowest BCUT2D eigenvalue weighted by molar-refractivity contribution is 0.423. The van der Waals surface area contributed by atoms with Gasteiger partial charge in [0.15, 0.2) is 0 Å². The Morgan fingerprint density at radius 1 is 1.78 bits per heavy atom. The van der Waals surface area contributed by atoms with Gasteiger partial charge in [-0.25, -0.2) is 0 Å². The van der Waals surface area contributed by atoms with Crippen LogP contribution in [0.4, 0.5) is 0 Å². The number of epoxide rings is 1. The van der Waals surface area contributed by atoms with Crippen molar-refractivity contribution in [3.63, 3.8) is 0 Å². The summed E-state index contributed by atoms with van der Waals surface area (Å²) in [5.74, 6) is 0. The molecule has 1 nitrogen and oxygen atoms in total. The minimum atomic E-state index is 0.583. The Morgan fingerprint density at radius 2 is 2.22 bits per heavy atom. The van der Waals surface area contributed by atoms with E-state index in [4.69, 9.17) is 4.74 Å². The molecule has 0 radical (unpaired) electrons. The van der Waals surface area contributed by atoms with Crippen LogP contribution in [-0.2, 0) is 4.74 Å². The molecule has 1 atom stereocenters. The summed E-state index contributed by atoms with van der Waals surface area (Å²) < 4.78 is 4.71. The third-order valence-electron chi connectivity index (χ3n) is 0.993. The number of allylic oxidation sites excluding steroid dienone is 1. The maximum atomic E-state index is 4.71. The summed E-state index contributed by atoms with van der Waals surface area (Å²) in [6.45, 7) is 8.73. The lowest BCUT2D eigenvalue weighted by atomic mass is 10.3. The Bertz CT molecular complexity index is 65.0. The number of ether oxygens (including phenoxy) is 1. The van der Waals surface area contributed by atoms with Crippen molar-refractivity contribution in [2.24, 2.45) is 0 Å². The van der Waals surface area contributed by atoms with Gasteiger partial charge in [-0.3, -0.25) is 0 Å². The van der Waals surface area contributed by atoms with Crippen LogP contribution in [0.2, 0.25) is 0 Å². The van der Waals surface area contributed by atoms with Crippen LogP contribution in [0.25, 0.3) is 0 Å². The zero-order valence-corrected chi connectivity index (χ0v) is 6.39. The second-order valence-electron chi connectivity index (χ2n) is 2.22. The summed E-state index contributed by atoms with van der Waals surface area (Å²) in [6, 6.07) is 0. The summed E-state index contributed by atoms with van der Waals surface area (Å²) in [6.07, 6.45) is 4.89. The van der Waals surface area contributed by atoms with E-state index in [1.54, 1.807) is 0 Å². The van der Waals surface area contributed by atoms with Crippen molar-refractivity contribution in [3.8, 4) is 0 Å². The van der Waals surface area contributed by atoms with Crippen LogP contribution in [0.5, 0.6) is 0 Å². The highest BCUT2D eigenvalue weighted by atomic mass is 16.6. The van der Waals surface area contributed by atoms with Gasteiger partial charge in [0, 0.05) is 0 Å². The van der Waals surface area contributed by atoms with Gasteiger partial charge in [-0.1, -0.05) is 19.4 Å². The molecule has 1 rings (SSSR count). The molecule has 1 saturated heterocycles. The molecular formula is C8H16O. The van der Waals surface area contributed by atoms with Gasteiger partial charge < -0.3 is 4.74 Å². The zero-order chi connectivity index (χ0) is 7.11. The lowest BCUT2D eigenvalue weighted by Crippen LogP contribution is -1.60. The predicted octanol–water partition coefficient (Wildman–Crippen LogP) is 2.38. The van der Waals surface area contributed by atoms with Crippen LogP contribution in [0, 0.1) is 0 Å². The van der Waals surface area contributed by atoms with Gasteiger partial charge >= 0.3 is 0 Å². The van der Waals surface area contributed by atoms with E-state index in [0.717, 1.165) is 13.0 Å². The van der Waals surface area contributed by atoms with Crippen LogP contribution in [0.1, 0.15) is 26.7 Å². The highest BCUT2D eigenvalue weighted by Gasteiger charge is 2.13. The van der Waals surface area contributed by atoms with E-state index < -0.39 is 0 Å². The number of unbranched alkanes of at least 4 members (excludes halogenated alkanes) is 1. The molecule has 9 heavy (non-hydrogen) atoms. The van der Waals surface area contributed by atoms with E-state index >= 15 is 0 Å². The van der Waals surface area contributed by atoms with Crippen molar-refractivity contribution in [3.05, 3.63) is 12.7 Å². The molecule has 1 unspecified atom stereocenters. The average molecular weight is 128 g/mol. The second kappa shape index (κ2) is 5.83. The first-order chi connectivity index (χ1) is 4.31. The molecule has 54 valence electrons. The largest absolute Gasteiger partial charge is 0.373 e. The van der Waals surface area contributed by atoms with Gasteiger partial charge in [-0.2, -0.15) is 0 Å². The minimum Gasteiger partial charge on any atom is -0.373 e. The fraction of sp³-hybridized carbons (Fsp3) is 0.750. The summed E-state index contributed by atoms with van der Waals surface area (Å²) in [7, 11) is 0. The van der Waals surface area contributed by atoms with E-state index in [0.29, 0.717) is 6.10 Å². The van der Waals surface area contributed by atoms with Gasteiger partial charge in [0.25, 0.3) is 0 Å². The van der Waals surface area contributed by atoms with E-state index in [-0.39, 0.29) is 0 Å². The fourth-order valence-corrected chi connectivity index (χ4v) is 0.300. The maximum Gasteiger partial charge on any atom is 0.0781 e.